The Morgan fingerprint density at radius 2 is 1.29 bits per heavy atom. The second-order valence-corrected chi connectivity index (χ2v) is 3.96. The fourth-order valence-electron chi connectivity index (χ4n) is 2.14. The molecule has 0 aromatic carbocycles. The van der Waals surface area contributed by atoms with Gasteiger partial charge in [0.2, 0.25) is 0 Å². The van der Waals surface area contributed by atoms with Gasteiger partial charge >= 0.3 is 0 Å². The van der Waals surface area contributed by atoms with Crippen molar-refractivity contribution in [3.05, 3.63) is 0 Å². The van der Waals surface area contributed by atoms with Gasteiger partial charge in [-0.05, 0) is 0 Å². The van der Waals surface area contributed by atoms with Crippen LogP contribution in [0.5, 0.6) is 0 Å². The van der Waals surface area contributed by atoms with E-state index in [1.54, 1.807) is 0 Å². The van der Waals surface area contributed by atoms with Crippen molar-refractivity contribution < 1.29 is 0 Å². The van der Waals surface area contributed by atoms with Gasteiger partial charge in [-0.3, -0.25) is 9.98 Å². The Hall–Kier alpha value is -0.850. The van der Waals surface area contributed by atoms with E-state index in [9.17, 15) is 0 Å². The Kier molecular flexibility index (Phi) is 5.67. The minimum atomic E-state index is 0. The molecule has 0 aromatic rings. The molecule has 0 atom stereocenters. The van der Waals surface area contributed by atoms with Gasteiger partial charge < -0.3 is 21.3 Å². The Balaban J connectivity index is 0.00000144. The zero-order chi connectivity index (χ0) is 11.4. The number of rotatable bonds is 5. The molecule has 0 bridgehead atoms. The maximum atomic E-state index is 5.59. The number of nitrogens with zero attached hydrogens (tertiary/aromatic N) is 4. The molecule has 2 heterocycles. The van der Waals surface area contributed by atoms with Crippen LogP contribution in [0.15, 0.2) is 9.98 Å². The van der Waals surface area contributed by atoms with Crippen LogP contribution in [-0.2, 0) is 0 Å². The van der Waals surface area contributed by atoms with Gasteiger partial charge in [-0.15, -0.1) is 12.4 Å². The van der Waals surface area contributed by atoms with Crippen LogP contribution >= 0.6 is 12.4 Å². The number of nitrogens with two attached hydrogens (primary N) is 2. The number of aliphatic imine (C=N–C) groups is 2. The highest BCUT2D eigenvalue weighted by molar-refractivity contribution is 6.41. The molecule has 6 nitrogen and oxygen atoms in total. The van der Waals surface area contributed by atoms with Crippen molar-refractivity contribution in [1.29, 1.82) is 0 Å². The highest BCUT2D eigenvalue weighted by Gasteiger charge is 2.27. The van der Waals surface area contributed by atoms with Crippen LogP contribution in [0.4, 0.5) is 0 Å². The molecule has 0 unspecified atom stereocenters. The van der Waals surface area contributed by atoms with Gasteiger partial charge in [-0.25, -0.2) is 0 Å². The molecular formula is C10H21ClN6. The molecule has 0 aliphatic carbocycles. The number of amidine groups is 2. The zero-order valence-electron chi connectivity index (χ0n) is 10.0. The summed E-state index contributed by atoms with van der Waals surface area (Å²) in [6, 6.07) is 0. The Morgan fingerprint density at radius 1 is 0.882 bits per heavy atom. The molecule has 2 aliphatic heterocycles. The van der Waals surface area contributed by atoms with E-state index in [1.165, 1.54) is 0 Å². The summed E-state index contributed by atoms with van der Waals surface area (Å²) >= 11 is 0. The SMILES string of the molecule is Cl.NCCN1CCN=C1C1=NCCN1CCN. The molecule has 17 heavy (non-hydrogen) atoms. The quantitative estimate of drug-likeness (QED) is 0.647. The summed E-state index contributed by atoms with van der Waals surface area (Å²) in [6.07, 6.45) is 0. The molecule has 7 heteroatoms. The normalized spacial score (nSPS) is 19.2. The Morgan fingerprint density at radius 3 is 1.65 bits per heavy atom. The predicted octanol–water partition coefficient (Wildman–Crippen LogP) is -1.25. The van der Waals surface area contributed by atoms with Crippen molar-refractivity contribution in [2.45, 2.75) is 0 Å². The molecule has 2 rings (SSSR count). The van der Waals surface area contributed by atoms with Gasteiger partial charge in [0.25, 0.3) is 0 Å². The molecule has 0 radical (unpaired) electrons. The van der Waals surface area contributed by atoms with Gasteiger partial charge in [0.15, 0.2) is 11.7 Å². The van der Waals surface area contributed by atoms with E-state index in [0.29, 0.717) is 13.1 Å². The lowest BCUT2D eigenvalue weighted by molar-refractivity contribution is 0.448. The number of halogens is 1. The second kappa shape index (κ2) is 6.78. The highest BCUT2D eigenvalue weighted by atomic mass is 35.5. The molecule has 0 spiro atoms. The Labute approximate surface area is 108 Å². The van der Waals surface area contributed by atoms with E-state index in [2.05, 4.69) is 19.8 Å². The summed E-state index contributed by atoms with van der Waals surface area (Å²) in [5, 5.41) is 0. The predicted molar refractivity (Wildman–Crippen MR) is 73.1 cm³/mol. The minimum Gasteiger partial charge on any atom is -0.351 e. The van der Waals surface area contributed by atoms with E-state index in [4.69, 9.17) is 11.5 Å². The monoisotopic (exact) mass is 260 g/mol. The smallest absolute Gasteiger partial charge is 0.167 e. The average molecular weight is 261 g/mol. The Bertz CT molecular complexity index is 273. The fourth-order valence-corrected chi connectivity index (χ4v) is 2.14. The molecule has 98 valence electrons. The molecule has 0 saturated heterocycles. The summed E-state index contributed by atoms with van der Waals surface area (Å²) in [5.74, 6) is 2.02. The molecule has 4 N–H and O–H groups in total. The lowest BCUT2D eigenvalue weighted by Crippen LogP contribution is -2.44. The van der Waals surface area contributed by atoms with Crippen molar-refractivity contribution in [3.63, 3.8) is 0 Å². The first-order valence-electron chi connectivity index (χ1n) is 5.86. The minimum absolute atomic E-state index is 0. The second-order valence-electron chi connectivity index (χ2n) is 3.96. The average Bonchev–Trinajstić information content (AvgIpc) is 2.87. The van der Waals surface area contributed by atoms with E-state index in [-0.39, 0.29) is 12.4 Å². The topological polar surface area (TPSA) is 83.2 Å². The van der Waals surface area contributed by atoms with E-state index >= 15 is 0 Å². The van der Waals surface area contributed by atoms with Crippen molar-refractivity contribution in [1.82, 2.24) is 9.80 Å². The summed E-state index contributed by atoms with van der Waals surface area (Å²) in [5.41, 5.74) is 11.2. The highest BCUT2D eigenvalue weighted by Crippen LogP contribution is 2.10. The number of hydrogen-bond acceptors (Lipinski definition) is 6. The summed E-state index contributed by atoms with van der Waals surface area (Å²) < 4.78 is 0. The molecule has 0 saturated carbocycles. The maximum absolute atomic E-state index is 5.59. The zero-order valence-corrected chi connectivity index (χ0v) is 10.8. The van der Waals surface area contributed by atoms with Crippen LogP contribution in [0.3, 0.4) is 0 Å². The first-order chi connectivity index (χ1) is 7.86. The van der Waals surface area contributed by atoms with Crippen molar-refractivity contribution in [2.24, 2.45) is 21.5 Å². The van der Waals surface area contributed by atoms with Gasteiger partial charge in [-0.2, -0.15) is 0 Å². The van der Waals surface area contributed by atoms with E-state index in [0.717, 1.165) is 50.9 Å². The van der Waals surface area contributed by atoms with Crippen molar-refractivity contribution in [3.8, 4) is 0 Å². The van der Waals surface area contributed by atoms with Crippen LogP contribution in [0.1, 0.15) is 0 Å². The summed E-state index contributed by atoms with van der Waals surface area (Å²) in [6.45, 7) is 6.65. The van der Waals surface area contributed by atoms with Crippen LogP contribution in [0.2, 0.25) is 0 Å². The lowest BCUT2D eigenvalue weighted by atomic mass is 10.4. The molecule has 0 aromatic heterocycles. The van der Waals surface area contributed by atoms with Gasteiger partial charge in [0.1, 0.15) is 0 Å². The van der Waals surface area contributed by atoms with Crippen LogP contribution in [0.25, 0.3) is 0 Å². The maximum Gasteiger partial charge on any atom is 0.167 e. The van der Waals surface area contributed by atoms with Crippen LogP contribution < -0.4 is 11.5 Å². The molecule has 0 amide bonds. The van der Waals surface area contributed by atoms with E-state index in [1.807, 2.05) is 0 Å². The fraction of sp³-hybridized carbons (Fsp3) is 0.800. The first kappa shape index (κ1) is 14.2. The first-order valence-corrected chi connectivity index (χ1v) is 5.86. The van der Waals surface area contributed by atoms with E-state index < -0.39 is 0 Å². The van der Waals surface area contributed by atoms with Crippen LogP contribution in [-0.4, -0.2) is 73.8 Å². The summed E-state index contributed by atoms with van der Waals surface area (Å²) in [7, 11) is 0. The third-order valence-corrected chi connectivity index (χ3v) is 2.86. The van der Waals surface area contributed by atoms with Crippen molar-refractivity contribution >= 4 is 24.1 Å². The van der Waals surface area contributed by atoms with Crippen molar-refractivity contribution in [2.75, 3.05) is 52.4 Å². The summed E-state index contributed by atoms with van der Waals surface area (Å²) in [4.78, 5) is 13.5. The third-order valence-electron chi connectivity index (χ3n) is 2.86. The standard InChI is InChI=1S/C10H20N6.ClH/c11-1-5-15-7-3-13-9(15)10-14-4-8-16(10)6-2-12;/h1-8,11-12H2;1H. The number of hydrogen-bond donors (Lipinski definition) is 2. The van der Waals surface area contributed by atoms with Gasteiger partial charge in [0, 0.05) is 39.3 Å². The largest absolute Gasteiger partial charge is 0.351 e. The molecule has 0 fully saturated rings. The van der Waals surface area contributed by atoms with Gasteiger partial charge in [0.05, 0.1) is 13.1 Å². The van der Waals surface area contributed by atoms with Gasteiger partial charge in [-0.1, -0.05) is 0 Å². The third kappa shape index (κ3) is 3.08. The van der Waals surface area contributed by atoms with Crippen LogP contribution in [0, 0.1) is 0 Å². The lowest BCUT2D eigenvalue weighted by Gasteiger charge is -2.25. The molecule has 2 aliphatic rings. The molecular weight excluding hydrogens is 240 g/mol.